The van der Waals surface area contributed by atoms with Crippen LogP contribution in [0.4, 0.5) is 5.13 Å². The van der Waals surface area contributed by atoms with Gasteiger partial charge in [-0.25, -0.2) is 4.98 Å². The molecule has 3 heterocycles. The van der Waals surface area contributed by atoms with Gasteiger partial charge < -0.3 is 14.6 Å². The van der Waals surface area contributed by atoms with Gasteiger partial charge in [-0.2, -0.15) is 0 Å². The SMILES string of the molecule is Cc1ccc2nc(N3CC(C(=O)NCc4nnc(C)o4)C3)sc2c1. The molecule has 0 unspecified atom stereocenters. The van der Waals surface area contributed by atoms with Crippen molar-refractivity contribution >= 4 is 32.6 Å². The van der Waals surface area contributed by atoms with Gasteiger partial charge in [0.25, 0.3) is 0 Å². The summed E-state index contributed by atoms with van der Waals surface area (Å²) in [7, 11) is 0. The van der Waals surface area contributed by atoms with Crippen LogP contribution >= 0.6 is 11.3 Å². The Morgan fingerprint density at radius 3 is 2.96 bits per heavy atom. The molecule has 0 saturated carbocycles. The molecule has 7 nitrogen and oxygen atoms in total. The molecule has 0 bridgehead atoms. The molecule has 4 rings (SSSR count). The zero-order valence-electron chi connectivity index (χ0n) is 13.4. The zero-order chi connectivity index (χ0) is 16.7. The monoisotopic (exact) mass is 343 g/mol. The number of carbonyl (C=O) groups excluding carboxylic acids is 1. The molecule has 0 atom stereocenters. The summed E-state index contributed by atoms with van der Waals surface area (Å²) in [6, 6.07) is 6.26. The van der Waals surface area contributed by atoms with E-state index >= 15 is 0 Å². The van der Waals surface area contributed by atoms with Crippen molar-refractivity contribution in [3.05, 3.63) is 35.5 Å². The number of aryl methyl sites for hydroxylation is 2. The average Bonchev–Trinajstić information content (AvgIpc) is 3.09. The maximum absolute atomic E-state index is 12.2. The molecule has 1 aromatic carbocycles. The van der Waals surface area contributed by atoms with E-state index in [4.69, 9.17) is 4.42 Å². The zero-order valence-corrected chi connectivity index (χ0v) is 14.3. The van der Waals surface area contributed by atoms with Crippen LogP contribution in [0.2, 0.25) is 0 Å². The van der Waals surface area contributed by atoms with E-state index in [1.165, 1.54) is 10.3 Å². The number of anilines is 1. The predicted octanol–water partition coefficient (Wildman–Crippen LogP) is 2.05. The second kappa shape index (κ2) is 5.86. The molecule has 3 aromatic rings. The first-order chi connectivity index (χ1) is 11.6. The molecule has 24 heavy (non-hydrogen) atoms. The molecule has 0 aliphatic carbocycles. The number of carbonyl (C=O) groups is 1. The van der Waals surface area contributed by atoms with E-state index in [2.05, 4.69) is 44.5 Å². The number of nitrogens with zero attached hydrogens (tertiary/aromatic N) is 4. The van der Waals surface area contributed by atoms with Crippen molar-refractivity contribution in [3.8, 4) is 0 Å². The summed E-state index contributed by atoms with van der Waals surface area (Å²) in [6.07, 6.45) is 0. The highest BCUT2D eigenvalue weighted by Crippen LogP contribution is 2.33. The van der Waals surface area contributed by atoms with Gasteiger partial charge in [0.15, 0.2) is 5.13 Å². The lowest BCUT2D eigenvalue weighted by Gasteiger charge is -2.37. The minimum absolute atomic E-state index is 0.0130. The number of hydrogen-bond donors (Lipinski definition) is 1. The Labute approximate surface area is 142 Å². The van der Waals surface area contributed by atoms with Gasteiger partial charge in [0.1, 0.15) is 0 Å². The Hall–Kier alpha value is -2.48. The van der Waals surface area contributed by atoms with Crippen molar-refractivity contribution in [2.75, 3.05) is 18.0 Å². The molecular formula is C16H17N5O2S. The van der Waals surface area contributed by atoms with E-state index < -0.39 is 0 Å². The number of thiazole rings is 1. The largest absolute Gasteiger partial charge is 0.424 e. The topological polar surface area (TPSA) is 84.2 Å². The molecule has 1 N–H and O–H groups in total. The van der Waals surface area contributed by atoms with Gasteiger partial charge >= 0.3 is 0 Å². The fourth-order valence-electron chi connectivity index (χ4n) is 2.67. The van der Waals surface area contributed by atoms with Crippen molar-refractivity contribution in [2.45, 2.75) is 20.4 Å². The highest BCUT2D eigenvalue weighted by atomic mass is 32.1. The summed E-state index contributed by atoms with van der Waals surface area (Å²) >= 11 is 1.67. The number of nitrogens with one attached hydrogen (secondary N) is 1. The van der Waals surface area contributed by atoms with Gasteiger partial charge in [-0.05, 0) is 24.6 Å². The fourth-order valence-corrected chi connectivity index (χ4v) is 3.75. The van der Waals surface area contributed by atoms with Crippen LogP contribution in [0.5, 0.6) is 0 Å². The molecule has 1 aliphatic heterocycles. The molecule has 124 valence electrons. The van der Waals surface area contributed by atoms with Crippen molar-refractivity contribution in [1.29, 1.82) is 0 Å². The summed E-state index contributed by atoms with van der Waals surface area (Å²) in [5.74, 6) is 0.917. The van der Waals surface area contributed by atoms with Crippen LogP contribution in [0.25, 0.3) is 10.2 Å². The van der Waals surface area contributed by atoms with Crippen LogP contribution in [0.3, 0.4) is 0 Å². The van der Waals surface area contributed by atoms with E-state index in [9.17, 15) is 4.79 Å². The van der Waals surface area contributed by atoms with E-state index in [0.717, 1.165) is 10.6 Å². The van der Waals surface area contributed by atoms with Gasteiger partial charge in [-0.15, -0.1) is 10.2 Å². The number of benzene rings is 1. The molecule has 1 fully saturated rings. The minimum Gasteiger partial charge on any atom is -0.424 e. The average molecular weight is 343 g/mol. The lowest BCUT2D eigenvalue weighted by molar-refractivity contribution is -0.126. The van der Waals surface area contributed by atoms with Crippen LogP contribution in [-0.4, -0.2) is 34.2 Å². The molecule has 0 radical (unpaired) electrons. The van der Waals surface area contributed by atoms with E-state index in [0.29, 0.717) is 24.9 Å². The third kappa shape index (κ3) is 2.84. The number of amides is 1. The maximum Gasteiger partial charge on any atom is 0.235 e. The van der Waals surface area contributed by atoms with Gasteiger partial charge in [-0.3, -0.25) is 4.79 Å². The number of fused-ring (bicyclic) bond motifs is 1. The molecular weight excluding hydrogens is 326 g/mol. The Balaban J connectivity index is 1.34. The first kappa shape index (κ1) is 15.1. The Morgan fingerprint density at radius 1 is 1.38 bits per heavy atom. The number of aromatic nitrogens is 3. The Morgan fingerprint density at radius 2 is 2.21 bits per heavy atom. The second-order valence-corrected chi connectivity index (χ2v) is 7.01. The quantitative estimate of drug-likeness (QED) is 0.780. The van der Waals surface area contributed by atoms with E-state index in [-0.39, 0.29) is 18.4 Å². The van der Waals surface area contributed by atoms with Crippen LogP contribution in [0, 0.1) is 19.8 Å². The van der Waals surface area contributed by atoms with Crippen LogP contribution in [0.15, 0.2) is 22.6 Å². The molecule has 1 amide bonds. The minimum atomic E-state index is -0.0252. The summed E-state index contributed by atoms with van der Waals surface area (Å²) in [5, 5.41) is 11.4. The highest BCUT2D eigenvalue weighted by Gasteiger charge is 2.34. The molecule has 1 aliphatic rings. The van der Waals surface area contributed by atoms with Crippen molar-refractivity contribution in [1.82, 2.24) is 20.5 Å². The van der Waals surface area contributed by atoms with Crippen molar-refractivity contribution < 1.29 is 9.21 Å². The third-order valence-electron chi connectivity index (χ3n) is 4.04. The molecule has 0 spiro atoms. The van der Waals surface area contributed by atoms with Crippen LogP contribution in [-0.2, 0) is 11.3 Å². The number of hydrogen-bond acceptors (Lipinski definition) is 7. The van der Waals surface area contributed by atoms with Gasteiger partial charge in [-0.1, -0.05) is 17.4 Å². The highest BCUT2D eigenvalue weighted by molar-refractivity contribution is 7.22. The first-order valence-corrected chi connectivity index (χ1v) is 8.59. The Kier molecular flexibility index (Phi) is 3.68. The second-order valence-electron chi connectivity index (χ2n) is 6.00. The van der Waals surface area contributed by atoms with Gasteiger partial charge in [0.2, 0.25) is 17.7 Å². The summed E-state index contributed by atoms with van der Waals surface area (Å²) in [6.45, 7) is 5.45. The normalized spacial score (nSPS) is 14.8. The standard InChI is InChI=1S/C16H17N5O2S/c1-9-3-4-12-13(5-9)24-16(18-12)21-7-11(8-21)15(22)17-6-14-20-19-10(2)23-14/h3-5,11H,6-8H2,1-2H3,(H,17,22). The maximum atomic E-state index is 12.2. The molecule has 1 saturated heterocycles. The Bertz CT molecular complexity index is 897. The van der Waals surface area contributed by atoms with Crippen LogP contribution < -0.4 is 10.2 Å². The van der Waals surface area contributed by atoms with Gasteiger partial charge in [0.05, 0.1) is 22.7 Å². The molecule has 2 aromatic heterocycles. The first-order valence-electron chi connectivity index (χ1n) is 7.77. The van der Waals surface area contributed by atoms with E-state index in [1.807, 2.05) is 6.07 Å². The predicted molar refractivity (Wildman–Crippen MR) is 90.9 cm³/mol. The fraction of sp³-hybridized carbons (Fsp3) is 0.375. The lowest BCUT2D eigenvalue weighted by Crippen LogP contribution is -2.53. The third-order valence-corrected chi connectivity index (χ3v) is 5.12. The summed E-state index contributed by atoms with van der Waals surface area (Å²) in [4.78, 5) is 18.9. The summed E-state index contributed by atoms with van der Waals surface area (Å²) in [5.41, 5.74) is 2.25. The smallest absolute Gasteiger partial charge is 0.235 e. The lowest BCUT2D eigenvalue weighted by atomic mass is 10.0. The summed E-state index contributed by atoms with van der Waals surface area (Å²) < 4.78 is 6.43. The molecule has 8 heteroatoms. The van der Waals surface area contributed by atoms with Crippen LogP contribution in [0.1, 0.15) is 17.3 Å². The number of rotatable bonds is 4. The van der Waals surface area contributed by atoms with E-state index in [1.54, 1.807) is 18.3 Å². The van der Waals surface area contributed by atoms with Gasteiger partial charge in [0, 0.05) is 20.0 Å². The van der Waals surface area contributed by atoms with Crippen molar-refractivity contribution in [3.63, 3.8) is 0 Å². The van der Waals surface area contributed by atoms with Crippen molar-refractivity contribution in [2.24, 2.45) is 5.92 Å².